The van der Waals surface area contributed by atoms with Crippen LogP contribution in [0.1, 0.15) is 39.5 Å². The fourth-order valence-corrected chi connectivity index (χ4v) is 1.93. The summed E-state index contributed by atoms with van der Waals surface area (Å²) in [5.41, 5.74) is 0. The first-order chi connectivity index (χ1) is 8.13. The SMILES string of the molecule is CC(C)Oc1nc(Cl)nc(OC2CCCC2)n1. The van der Waals surface area contributed by atoms with E-state index in [0.29, 0.717) is 0 Å². The predicted molar refractivity (Wildman–Crippen MR) is 63.5 cm³/mol. The van der Waals surface area contributed by atoms with E-state index in [-0.39, 0.29) is 29.5 Å². The maximum atomic E-state index is 5.80. The van der Waals surface area contributed by atoms with E-state index >= 15 is 0 Å². The van der Waals surface area contributed by atoms with Crippen molar-refractivity contribution in [3.8, 4) is 12.0 Å². The van der Waals surface area contributed by atoms with Gasteiger partial charge in [-0.25, -0.2) is 0 Å². The zero-order valence-corrected chi connectivity index (χ0v) is 10.8. The van der Waals surface area contributed by atoms with E-state index in [4.69, 9.17) is 21.1 Å². The van der Waals surface area contributed by atoms with Crippen molar-refractivity contribution in [3.05, 3.63) is 5.28 Å². The molecule has 1 aliphatic carbocycles. The maximum Gasteiger partial charge on any atom is 0.324 e. The van der Waals surface area contributed by atoms with Crippen molar-refractivity contribution in [1.82, 2.24) is 15.0 Å². The molecule has 2 rings (SSSR count). The second-order valence-corrected chi connectivity index (χ2v) is 4.70. The van der Waals surface area contributed by atoms with Crippen LogP contribution < -0.4 is 9.47 Å². The Hall–Kier alpha value is -1.10. The van der Waals surface area contributed by atoms with E-state index < -0.39 is 0 Å². The average molecular weight is 258 g/mol. The Morgan fingerprint density at radius 2 is 1.76 bits per heavy atom. The first-order valence-electron chi connectivity index (χ1n) is 5.88. The standard InChI is InChI=1S/C11H16ClN3O2/c1-7(2)16-10-13-9(12)14-11(15-10)17-8-5-3-4-6-8/h7-8H,3-6H2,1-2H3. The van der Waals surface area contributed by atoms with Crippen molar-refractivity contribution in [1.29, 1.82) is 0 Å². The highest BCUT2D eigenvalue weighted by Gasteiger charge is 2.19. The van der Waals surface area contributed by atoms with Gasteiger partial charge in [0.2, 0.25) is 5.28 Å². The van der Waals surface area contributed by atoms with E-state index in [1.165, 1.54) is 12.8 Å². The summed E-state index contributed by atoms with van der Waals surface area (Å²) in [6.07, 6.45) is 4.67. The van der Waals surface area contributed by atoms with Crippen molar-refractivity contribution in [2.45, 2.75) is 51.7 Å². The molecule has 1 aromatic heterocycles. The Morgan fingerprint density at radius 1 is 1.12 bits per heavy atom. The highest BCUT2D eigenvalue weighted by atomic mass is 35.5. The number of hydrogen-bond donors (Lipinski definition) is 0. The predicted octanol–water partition coefficient (Wildman–Crippen LogP) is 2.63. The lowest BCUT2D eigenvalue weighted by atomic mass is 10.3. The lowest BCUT2D eigenvalue weighted by molar-refractivity contribution is 0.179. The van der Waals surface area contributed by atoms with Gasteiger partial charge in [-0.15, -0.1) is 4.98 Å². The second kappa shape index (κ2) is 5.49. The first kappa shape index (κ1) is 12.4. The first-order valence-corrected chi connectivity index (χ1v) is 6.26. The fraction of sp³-hybridized carbons (Fsp3) is 0.727. The van der Waals surface area contributed by atoms with Gasteiger partial charge in [-0.1, -0.05) is 0 Å². The second-order valence-electron chi connectivity index (χ2n) is 4.36. The quantitative estimate of drug-likeness (QED) is 0.830. The third-order valence-electron chi connectivity index (χ3n) is 2.48. The Labute approximate surface area is 106 Å². The van der Waals surface area contributed by atoms with E-state index in [0.717, 1.165) is 12.8 Å². The molecule has 1 fully saturated rings. The van der Waals surface area contributed by atoms with Gasteiger partial charge in [0.15, 0.2) is 0 Å². The molecule has 1 aromatic rings. The molecule has 1 heterocycles. The molecule has 0 amide bonds. The monoisotopic (exact) mass is 257 g/mol. The third-order valence-corrected chi connectivity index (χ3v) is 2.65. The van der Waals surface area contributed by atoms with Crippen LogP contribution in [0.5, 0.6) is 12.0 Å². The Kier molecular flexibility index (Phi) is 3.99. The van der Waals surface area contributed by atoms with Crippen LogP contribution in [0.25, 0.3) is 0 Å². The number of hydrogen-bond acceptors (Lipinski definition) is 5. The van der Waals surface area contributed by atoms with Crippen LogP contribution in [-0.4, -0.2) is 27.2 Å². The van der Waals surface area contributed by atoms with E-state index in [1.807, 2.05) is 13.8 Å². The Bertz CT molecular complexity index is 381. The normalized spacial score (nSPS) is 16.5. The zero-order chi connectivity index (χ0) is 12.3. The molecule has 0 aromatic carbocycles. The van der Waals surface area contributed by atoms with Crippen molar-refractivity contribution in [2.75, 3.05) is 0 Å². The molecule has 0 spiro atoms. The topological polar surface area (TPSA) is 57.1 Å². The van der Waals surface area contributed by atoms with Crippen LogP contribution in [0.2, 0.25) is 5.28 Å². The molecule has 94 valence electrons. The maximum absolute atomic E-state index is 5.80. The summed E-state index contributed by atoms with van der Waals surface area (Å²) >= 11 is 5.80. The lowest BCUT2D eigenvalue weighted by Crippen LogP contribution is -2.15. The minimum Gasteiger partial charge on any atom is -0.461 e. The van der Waals surface area contributed by atoms with Crippen LogP contribution in [0, 0.1) is 0 Å². The lowest BCUT2D eigenvalue weighted by Gasteiger charge is -2.12. The molecule has 1 saturated carbocycles. The summed E-state index contributed by atoms with van der Waals surface area (Å²) < 4.78 is 11.0. The smallest absolute Gasteiger partial charge is 0.324 e. The summed E-state index contributed by atoms with van der Waals surface area (Å²) in [5, 5.41) is 0.101. The van der Waals surface area contributed by atoms with Crippen molar-refractivity contribution in [3.63, 3.8) is 0 Å². The van der Waals surface area contributed by atoms with E-state index in [9.17, 15) is 0 Å². The summed E-state index contributed by atoms with van der Waals surface area (Å²) in [6, 6.07) is 0.473. The molecule has 5 nitrogen and oxygen atoms in total. The van der Waals surface area contributed by atoms with Crippen LogP contribution >= 0.6 is 11.6 Å². The van der Waals surface area contributed by atoms with E-state index in [1.54, 1.807) is 0 Å². The van der Waals surface area contributed by atoms with Gasteiger partial charge in [-0.05, 0) is 51.1 Å². The Morgan fingerprint density at radius 3 is 2.41 bits per heavy atom. The molecule has 6 heteroatoms. The van der Waals surface area contributed by atoms with Gasteiger partial charge in [-0.2, -0.15) is 9.97 Å². The van der Waals surface area contributed by atoms with Gasteiger partial charge in [0.05, 0.1) is 6.10 Å². The third kappa shape index (κ3) is 3.70. The van der Waals surface area contributed by atoms with Crippen LogP contribution in [-0.2, 0) is 0 Å². The van der Waals surface area contributed by atoms with Gasteiger partial charge >= 0.3 is 12.0 Å². The molecule has 0 saturated heterocycles. The van der Waals surface area contributed by atoms with Gasteiger partial charge in [-0.3, -0.25) is 0 Å². The Balaban J connectivity index is 2.07. The van der Waals surface area contributed by atoms with Crippen molar-refractivity contribution < 1.29 is 9.47 Å². The molecule has 17 heavy (non-hydrogen) atoms. The van der Waals surface area contributed by atoms with E-state index in [2.05, 4.69) is 15.0 Å². The van der Waals surface area contributed by atoms with Crippen LogP contribution in [0.15, 0.2) is 0 Å². The highest BCUT2D eigenvalue weighted by Crippen LogP contribution is 2.23. The molecule has 0 atom stereocenters. The van der Waals surface area contributed by atoms with Crippen LogP contribution in [0.4, 0.5) is 0 Å². The number of aromatic nitrogens is 3. The molecule has 0 radical (unpaired) electrons. The van der Waals surface area contributed by atoms with Gasteiger partial charge in [0.25, 0.3) is 0 Å². The summed E-state index contributed by atoms with van der Waals surface area (Å²) in [5.74, 6) is 0. The van der Waals surface area contributed by atoms with Gasteiger partial charge < -0.3 is 9.47 Å². The average Bonchev–Trinajstić information content (AvgIpc) is 2.67. The minimum absolute atomic E-state index is 0.00667. The summed E-state index contributed by atoms with van der Waals surface area (Å²) in [7, 11) is 0. The number of nitrogens with zero attached hydrogens (tertiary/aromatic N) is 3. The molecule has 0 N–H and O–H groups in total. The van der Waals surface area contributed by atoms with Gasteiger partial charge in [0, 0.05) is 0 Å². The molecular weight excluding hydrogens is 242 g/mol. The fourth-order valence-electron chi connectivity index (χ4n) is 1.79. The molecule has 0 bridgehead atoms. The molecular formula is C11H16ClN3O2. The number of halogens is 1. The van der Waals surface area contributed by atoms with Crippen LogP contribution in [0.3, 0.4) is 0 Å². The molecule has 0 unspecified atom stereocenters. The largest absolute Gasteiger partial charge is 0.461 e. The minimum atomic E-state index is -0.00667. The summed E-state index contributed by atoms with van der Waals surface area (Å²) in [4.78, 5) is 11.9. The van der Waals surface area contributed by atoms with Gasteiger partial charge in [0.1, 0.15) is 6.10 Å². The number of rotatable bonds is 4. The zero-order valence-electron chi connectivity index (χ0n) is 10.0. The summed E-state index contributed by atoms with van der Waals surface area (Å²) in [6.45, 7) is 3.80. The highest BCUT2D eigenvalue weighted by molar-refractivity contribution is 6.28. The van der Waals surface area contributed by atoms with Crippen molar-refractivity contribution in [2.24, 2.45) is 0 Å². The number of ether oxygens (including phenoxy) is 2. The molecule has 0 aliphatic heterocycles. The molecule has 1 aliphatic rings. The van der Waals surface area contributed by atoms with Crippen molar-refractivity contribution >= 4 is 11.6 Å².